The molecule has 0 amide bonds. The molecule has 0 aliphatic carbocycles. The Labute approximate surface area is 132 Å². The van der Waals surface area contributed by atoms with E-state index in [9.17, 15) is 4.79 Å². The Balaban J connectivity index is 2.45. The summed E-state index contributed by atoms with van der Waals surface area (Å²) in [5, 5.41) is 0. The van der Waals surface area contributed by atoms with Crippen LogP contribution in [0.2, 0.25) is 0 Å². The van der Waals surface area contributed by atoms with Crippen LogP contribution in [0.15, 0.2) is 36.4 Å². The SMILES string of the molecule is COC(=O)c1ccc(-c2ccc(OC)cc2)nc1C(C)Br. The van der Waals surface area contributed by atoms with Gasteiger partial charge in [0.05, 0.1) is 36.0 Å². The summed E-state index contributed by atoms with van der Waals surface area (Å²) < 4.78 is 9.93. The summed E-state index contributed by atoms with van der Waals surface area (Å²) in [7, 11) is 2.99. The summed E-state index contributed by atoms with van der Waals surface area (Å²) in [4.78, 5) is 16.3. The maximum atomic E-state index is 11.8. The number of ether oxygens (including phenoxy) is 2. The molecule has 0 saturated heterocycles. The lowest BCUT2D eigenvalue weighted by atomic mass is 10.1. The average molecular weight is 350 g/mol. The number of halogens is 1. The van der Waals surface area contributed by atoms with E-state index in [1.165, 1.54) is 7.11 Å². The zero-order chi connectivity index (χ0) is 15.4. The van der Waals surface area contributed by atoms with Gasteiger partial charge in [-0.25, -0.2) is 4.79 Å². The Hall–Kier alpha value is -1.88. The fraction of sp³-hybridized carbons (Fsp3) is 0.250. The van der Waals surface area contributed by atoms with Gasteiger partial charge in [0.2, 0.25) is 0 Å². The highest BCUT2D eigenvalue weighted by molar-refractivity contribution is 9.09. The van der Waals surface area contributed by atoms with Gasteiger partial charge in [0.1, 0.15) is 5.75 Å². The number of rotatable bonds is 4. The van der Waals surface area contributed by atoms with E-state index >= 15 is 0 Å². The fourth-order valence-electron chi connectivity index (χ4n) is 1.98. The van der Waals surface area contributed by atoms with E-state index in [2.05, 4.69) is 20.9 Å². The summed E-state index contributed by atoms with van der Waals surface area (Å²) >= 11 is 3.47. The lowest BCUT2D eigenvalue weighted by Crippen LogP contribution is -2.08. The second-order valence-corrected chi connectivity index (χ2v) is 5.84. The van der Waals surface area contributed by atoms with E-state index in [1.54, 1.807) is 13.2 Å². The standard InChI is InChI=1S/C16H16BrNO3/c1-10(17)15-13(16(19)21-3)8-9-14(18-15)11-4-6-12(20-2)7-5-11/h4-10H,1-3H3. The molecule has 1 aromatic carbocycles. The van der Waals surface area contributed by atoms with Crippen LogP contribution in [0.3, 0.4) is 0 Å². The predicted molar refractivity (Wildman–Crippen MR) is 84.9 cm³/mol. The van der Waals surface area contributed by atoms with Crippen LogP contribution in [0.25, 0.3) is 11.3 Å². The van der Waals surface area contributed by atoms with E-state index in [0.717, 1.165) is 17.0 Å². The van der Waals surface area contributed by atoms with Gasteiger partial charge in [0.25, 0.3) is 0 Å². The molecule has 1 unspecified atom stereocenters. The van der Waals surface area contributed by atoms with Crippen molar-refractivity contribution in [2.75, 3.05) is 14.2 Å². The van der Waals surface area contributed by atoms with Gasteiger partial charge in [-0.05, 0) is 43.3 Å². The number of carbonyl (C=O) groups excluding carboxylic acids is 1. The molecule has 0 saturated carbocycles. The smallest absolute Gasteiger partial charge is 0.339 e. The molecule has 21 heavy (non-hydrogen) atoms. The molecule has 1 atom stereocenters. The van der Waals surface area contributed by atoms with Crippen molar-refractivity contribution in [1.82, 2.24) is 4.98 Å². The number of nitrogens with zero attached hydrogens (tertiary/aromatic N) is 1. The van der Waals surface area contributed by atoms with E-state index in [0.29, 0.717) is 11.3 Å². The van der Waals surface area contributed by atoms with Gasteiger partial charge in [-0.2, -0.15) is 0 Å². The maximum Gasteiger partial charge on any atom is 0.339 e. The molecule has 0 spiro atoms. The van der Waals surface area contributed by atoms with Crippen molar-refractivity contribution >= 4 is 21.9 Å². The maximum absolute atomic E-state index is 11.8. The number of carbonyl (C=O) groups is 1. The molecular formula is C16H16BrNO3. The Bertz CT molecular complexity index is 638. The molecule has 110 valence electrons. The van der Waals surface area contributed by atoms with Crippen molar-refractivity contribution in [2.24, 2.45) is 0 Å². The number of pyridine rings is 1. The van der Waals surface area contributed by atoms with Crippen LogP contribution in [0, 0.1) is 0 Å². The zero-order valence-corrected chi connectivity index (χ0v) is 13.7. The Morgan fingerprint density at radius 2 is 1.81 bits per heavy atom. The second-order valence-electron chi connectivity index (χ2n) is 4.47. The number of benzene rings is 1. The van der Waals surface area contributed by atoms with Gasteiger partial charge in [-0.3, -0.25) is 4.98 Å². The summed E-state index contributed by atoms with van der Waals surface area (Å²) in [5.74, 6) is 0.407. The Morgan fingerprint density at radius 1 is 1.14 bits per heavy atom. The Kier molecular flexibility index (Phi) is 4.96. The quantitative estimate of drug-likeness (QED) is 0.618. The molecule has 0 bridgehead atoms. The first-order valence-corrected chi connectivity index (χ1v) is 7.36. The summed E-state index contributed by atoms with van der Waals surface area (Å²) in [6.07, 6.45) is 0. The first-order chi connectivity index (χ1) is 10.1. The molecule has 5 heteroatoms. The van der Waals surface area contributed by atoms with Crippen molar-refractivity contribution in [1.29, 1.82) is 0 Å². The van der Waals surface area contributed by atoms with Crippen LogP contribution < -0.4 is 4.74 Å². The van der Waals surface area contributed by atoms with Crippen LogP contribution in [0.5, 0.6) is 5.75 Å². The van der Waals surface area contributed by atoms with Gasteiger partial charge in [0.15, 0.2) is 0 Å². The number of aromatic nitrogens is 1. The third-order valence-electron chi connectivity index (χ3n) is 3.09. The molecular weight excluding hydrogens is 334 g/mol. The van der Waals surface area contributed by atoms with E-state index in [-0.39, 0.29) is 10.8 Å². The minimum Gasteiger partial charge on any atom is -0.497 e. The minimum atomic E-state index is -0.384. The highest BCUT2D eigenvalue weighted by atomic mass is 79.9. The fourth-order valence-corrected chi connectivity index (χ4v) is 2.33. The minimum absolute atomic E-state index is 0.0511. The second kappa shape index (κ2) is 6.72. The van der Waals surface area contributed by atoms with Crippen molar-refractivity contribution in [3.05, 3.63) is 47.7 Å². The molecule has 0 radical (unpaired) electrons. The zero-order valence-electron chi connectivity index (χ0n) is 12.1. The molecule has 2 aromatic rings. The van der Waals surface area contributed by atoms with E-state index < -0.39 is 0 Å². The molecule has 0 N–H and O–H groups in total. The first-order valence-electron chi connectivity index (χ1n) is 6.44. The van der Waals surface area contributed by atoms with Crippen molar-refractivity contribution in [3.8, 4) is 17.0 Å². The van der Waals surface area contributed by atoms with E-state index in [1.807, 2.05) is 37.3 Å². The highest BCUT2D eigenvalue weighted by Crippen LogP contribution is 2.28. The summed E-state index contributed by atoms with van der Waals surface area (Å²) in [6.45, 7) is 1.92. The number of hydrogen-bond acceptors (Lipinski definition) is 4. The van der Waals surface area contributed by atoms with Crippen LogP contribution in [-0.4, -0.2) is 25.2 Å². The third-order valence-corrected chi connectivity index (χ3v) is 3.53. The van der Waals surface area contributed by atoms with Gasteiger partial charge in [-0.15, -0.1) is 0 Å². The van der Waals surface area contributed by atoms with Crippen molar-refractivity contribution in [2.45, 2.75) is 11.8 Å². The number of hydrogen-bond donors (Lipinski definition) is 0. The van der Waals surface area contributed by atoms with Crippen LogP contribution in [-0.2, 0) is 4.74 Å². The van der Waals surface area contributed by atoms with Crippen LogP contribution >= 0.6 is 15.9 Å². The molecule has 4 nitrogen and oxygen atoms in total. The molecule has 0 aliphatic rings. The van der Waals surface area contributed by atoms with Crippen LogP contribution in [0.4, 0.5) is 0 Å². The molecule has 1 aromatic heterocycles. The third kappa shape index (κ3) is 3.42. The van der Waals surface area contributed by atoms with Gasteiger partial charge < -0.3 is 9.47 Å². The number of alkyl halides is 1. The summed E-state index contributed by atoms with van der Waals surface area (Å²) in [6, 6.07) is 11.2. The van der Waals surface area contributed by atoms with Gasteiger partial charge in [0, 0.05) is 5.56 Å². The topological polar surface area (TPSA) is 48.4 Å². The molecule has 1 heterocycles. The predicted octanol–water partition coefficient (Wildman–Crippen LogP) is 4.00. The van der Waals surface area contributed by atoms with Crippen molar-refractivity contribution < 1.29 is 14.3 Å². The molecule has 0 fully saturated rings. The normalized spacial score (nSPS) is 11.8. The van der Waals surface area contributed by atoms with E-state index in [4.69, 9.17) is 9.47 Å². The lowest BCUT2D eigenvalue weighted by Gasteiger charge is -2.11. The number of esters is 1. The van der Waals surface area contributed by atoms with Crippen LogP contribution in [0.1, 0.15) is 27.8 Å². The molecule has 2 rings (SSSR count). The van der Waals surface area contributed by atoms with Crippen molar-refractivity contribution in [3.63, 3.8) is 0 Å². The highest BCUT2D eigenvalue weighted by Gasteiger charge is 2.17. The number of methoxy groups -OCH3 is 2. The first kappa shape index (κ1) is 15.5. The monoisotopic (exact) mass is 349 g/mol. The van der Waals surface area contributed by atoms with Gasteiger partial charge in [-0.1, -0.05) is 15.9 Å². The lowest BCUT2D eigenvalue weighted by molar-refractivity contribution is 0.0599. The largest absolute Gasteiger partial charge is 0.497 e. The van der Waals surface area contributed by atoms with Gasteiger partial charge >= 0.3 is 5.97 Å². The Morgan fingerprint density at radius 3 is 2.33 bits per heavy atom. The summed E-state index contributed by atoms with van der Waals surface area (Å²) in [5.41, 5.74) is 2.89. The average Bonchev–Trinajstić information content (AvgIpc) is 2.53. The molecule has 0 aliphatic heterocycles.